The molecule has 0 aliphatic carbocycles. The van der Waals surface area contributed by atoms with Gasteiger partial charge in [-0.3, -0.25) is 4.90 Å². The second kappa shape index (κ2) is 8.15. The van der Waals surface area contributed by atoms with Gasteiger partial charge in [0.15, 0.2) is 11.6 Å². The lowest BCUT2D eigenvalue weighted by molar-refractivity contribution is 0.159. The van der Waals surface area contributed by atoms with Gasteiger partial charge in [-0.25, -0.2) is 4.39 Å². The summed E-state index contributed by atoms with van der Waals surface area (Å²) in [5, 5.41) is 13.4. The van der Waals surface area contributed by atoms with Gasteiger partial charge in [0.1, 0.15) is 0 Å². The highest BCUT2D eigenvalue weighted by Gasteiger charge is 2.25. The Kier molecular flexibility index (Phi) is 6.21. The molecule has 0 unspecified atom stereocenters. The van der Waals surface area contributed by atoms with Gasteiger partial charge in [-0.05, 0) is 25.3 Å². The Morgan fingerprint density at radius 2 is 2.10 bits per heavy atom. The van der Waals surface area contributed by atoms with Crippen LogP contribution in [0.5, 0.6) is 5.75 Å². The number of rotatable bonds is 7. The number of piperazine rings is 1. The van der Waals surface area contributed by atoms with Crippen molar-refractivity contribution in [1.82, 2.24) is 10.2 Å². The summed E-state index contributed by atoms with van der Waals surface area (Å²) in [5.74, 6) is -0.719. The molecule has 1 aliphatic heterocycles. The van der Waals surface area contributed by atoms with Gasteiger partial charge in [0, 0.05) is 37.8 Å². The van der Waals surface area contributed by atoms with Crippen molar-refractivity contribution in [1.29, 1.82) is 0 Å². The number of hydrogen-bond donors (Lipinski definition) is 2. The van der Waals surface area contributed by atoms with Crippen LogP contribution in [-0.4, -0.2) is 36.2 Å². The van der Waals surface area contributed by atoms with Crippen LogP contribution in [0, 0.1) is 5.82 Å². The average molecular weight is 292 g/mol. The Morgan fingerprint density at radius 1 is 1.33 bits per heavy atom. The van der Waals surface area contributed by atoms with Gasteiger partial charge in [0.25, 0.3) is 0 Å². The zero-order chi connectivity index (χ0) is 15.1. The van der Waals surface area contributed by atoms with Crippen molar-refractivity contribution in [2.24, 2.45) is 0 Å². The van der Waals surface area contributed by atoms with Crippen LogP contribution in [0.1, 0.15) is 37.3 Å². The monoisotopic (exact) mass is 292 g/mol. The van der Waals surface area contributed by atoms with E-state index in [9.17, 15) is 9.50 Å². The highest BCUT2D eigenvalue weighted by Crippen LogP contribution is 2.34. The summed E-state index contributed by atoms with van der Waals surface area (Å²) in [6, 6.07) is 4.93. The molecule has 0 aromatic heterocycles. The number of phenolic OH excluding ortho intramolecular Hbond substituents is 1. The van der Waals surface area contributed by atoms with E-state index in [0.717, 1.165) is 57.4 Å². The molecule has 0 radical (unpaired) electrons. The first kappa shape index (κ1) is 16.0. The van der Waals surface area contributed by atoms with Crippen molar-refractivity contribution < 1.29 is 9.50 Å². The third kappa shape index (κ3) is 4.29. The van der Waals surface area contributed by atoms with E-state index < -0.39 is 5.82 Å². The fraction of sp³-hybridized carbons (Fsp3) is 0.529. The zero-order valence-corrected chi connectivity index (χ0v) is 12.5. The zero-order valence-electron chi connectivity index (χ0n) is 12.5. The Bertz CT molecular complexity index is 458. The van der Waals surface area contributed by atoms with E-state index in [1.54, 1.807) is 6.07 Å². The number of hydrogen-bond acceptors (Lipinski definition) is 3. The summed E-state index contributed by atoms with van der Waals surface area (Å²) in [6.07, 6.45) is 6.01. The predicted molar refractivity (Wildman–Crippen MR) is 83.9 cm³/mol. The van der Waals surface area contributed by atoms with Crippen LogP contribution < -0.4 is 5.32 Å². The second-order valence-corrected chi connectivity index (χ2v) is 5.55. The van der Waals surface area contributed by atoms with Gasteiger partial charge < -0.3 is 10.4 Å². The van der Waals surface area contributed by atoms with E-state index in [1.165, 1.54) is 6.07 Å². The van der Waals surface area contributed by atoms with Crippen LogP contribution in [0.25, 0.3) is 0 Å². The maximum absolute atomic E-state index is 13.7. The fourth-order valence-corrected chi connectivity index (χ4v) is 2.96. The molecule has 1 heterocycles. The first-order valence-corrected chi connectivity index (χ1v) is 7.77. The molecule has 1 aromatic rings. The normalized spacial score (nSPS) is 17.6. The number of aromatic hydroxyl groups is 1. The minimum Gasteiger partial charge on any atom is -0.505 e. The van der Waals surface area contributed by atoms with Crippen molar-refractivity contribution in [2.75, 3.05) is 26.2 Å². The van der Waals surface area contributed by atoms with Crippen LogP contribution in [0.2, 0.25) is 0 Å². The van der Waals surface area contributed by atoms with Crippen LogP contribution in [0.4, 0.5) is 4.39 Å². The molecule has 1 aromatic carbocycles. The van der Waals surface area contributed by atoms with Gasteiger partial charge in [0.2, 0.25) is 0 Å². The molecule has 2 N–H and O–H groups in total. The molecule has 4 heteroatoms. The van der Waals surface area contributed by atoms with Crippen molar-refractivity contribution in [3.05, 3.63) is 42.2 Å². The summed E-state index contributed by atoms with van der Waals surface area (Å²) in [6.45, 7) is 7.50. The second-order valence-electron chi connectivity index (χ2n) is 5.55. The standard InChI is InChI=1S/C17H25FN2O/c1-2-3-4-5-9-16(20-12-10-19-11-13-20)14-7-6-8-15(18)17(14)21/h2,6-8,16,19,21H,1,3-5,9-13H2/t16-/m1/s1. The molecular formula is C17H25FN2O. The molecule has 116 valence electrons. The number of benzene rings is 1. The number of halogens is 1. The number of allylic oxidation sites excluding steroid dienone is 1. The van der Waals surface area contributed by atoms with Gasteiger partial charge in [-0.2, -0.15) is 0 Å². The average Bonchev–Trinajstić information content (AvgIpc) is 2.52. The van der Waals surface area contributed by atoms with Crippen molar-refractivity contribution in [2.45, 2.75) is 31.7 Å². The molecule has 0 spiro atoms. The Balaban J connectivity index is 2.13. The first-order chi connectivity index (χ1) is 10.2. The summed E-state index contributed by atoms with van der Waals surface area (Å²) in [7, 11) is 0. The largest absolute Gasteiger partial charge is 0.505 e. The third-order valence-corrected chi connectivity index (χ3v) is 4.11. The molecule has 3 nitrogen and oxygen atoms in total. The maximum atomic E-state index is 13.7. The van der Waals surface area contributed by atoms with E-state index in [0.29, 0.717) is 0 Å². The summed E-state index contributed by atoms with van der Waals surface area (Å²) in [4.78, 5) is 2.35. The van der Waals surface area contributed by atoms with Crippen LogP contribution in [0.15, 0.2) is 30.9 Å². The van der Waals surface area contributed by atoms with E-state index >= 15 is 0 Å². The summed E-state index contributed by atoms with van der Waals surface area (Å²) < 4.78 is 13.7. The van der Waals surface area contributed by atoms with Gasteiger partial charge in [-0.1, -0.05) is 24.6 Å². The van der Waals surface area contributed by atoms with E-state index in [2.05, 4.69) is 16.8 Å². The summed E-state index contributed by atoms with van der Waals surface area (Å²) >= 11 is 0. The molecule has 21 heavy (non-hydrogen) atoms. The Morgan fingerprint density at radius 3 is 2.81 bits per heavy atom. The summed E-state index contributed by atoms with van der Waals surface area (Å²) in [5.41, 5.74) is 0.718. The minimum atomic E-state index is -0.529. The number of para-hydroxylation sites is 1. The quantitative estimate of drug-likeness (QED) is 0.598. The lowest BCUT2D eigenvalue weighted by atomic mass is 9.97. The van der Waals surface area contributed by atoms with Gasteiger partial charge in [-0.15, -0.1) is 6.58 Å². The highest BCUT2D eigenvalue weighted by atomic mass is 19.1. The highest BCUT2D eigenvalue weighted by molar-refractivity contribution is 5.36. The van der Waals surface area contributed by atoms with E-state index in [1.807, 2.05) is 12.1 Å². The Labute approximate surface area is 126 Å². The SMILES string of the molecule is C=CCCCC[C@H](c1cccc(F)c1O)N1CCNCC1. The Hall–Kier alpha value is -1.39. The lowest BCUT2D eigenvalue weighted by Crippen LogP contribution is -2.45. The van der Waals surface area contributed by atoms with Gasteiger partial charge in [0.05, 0.1) is 0 Å². The smallest absolute Gasteiger partial charge is 0.165 e. The molecule has 1 aliphatic rings. The molecular weight excluding hydrogens is 267 g/mol. The number of unbranched alkanes of at least 4 members (excludes halogenated alkanes) is 2. The van der Waals surface area contributed by atoms with Crippen molar-refractivity contribution in [3.8, 4) is 5.75 Å². The van der Waals surface area contributed by atoms with Crippen LogP contribution in [-0.2, 0) is 0 Å². The molecule has 0 saturated carbocycles. The fourth-order valence-electron chi connectivity index (χ4n) is 2.96. The predicted octanol–water partition coefficient (Wildman–Crippen LogP) is 3.22. The molecule has 0 bridgehead atoms. The molecule has 1 fully saturated rings. The molecule has 1 saturated heterocycles. The number of nitrogens with one attached hydrogen (secondary N) is 1. The van der Waals surface area contributed by atoms with Crippen LogP contribution >= 0.6 is 0 Å². The topological polar surface area (TPSA) is 35.5 Å². The molecule has 0 amide bonds. The van der Waals surface area contributed by atoms with Gasteiger partial charge >= 0.3 is 0 Å². The number of nitrogens with zero attached hydrogens (tertiary/aromatic N) is 1. The molecule has 1 atom stereocenters. The van der Waals surface area contributed by atoms with Crippen molar-refractivity contribution in [3.63, 3.8) is 0 Å². The van der Waals surface area contributed by atoms with Crippen LogP contribution in [0.3, 0.4) is 0 Å². The lowest BCUT2D eigenvalue weighted by Gasteiger charge is -2.35. The van der Waals surface area contributed by atoms with E-state index in [4.69, 9.17) is 0 Å². The first-order valence-electron chi connectivity index (χ1n) is 7.77. The molecule has 2 rings (SSSR count). The number of phenols is 1. The maximum Gasteiger partial charge on any atom is 0.165 e. The van der Waals surface area contributed by atoms with Crippen molar-refractivity contribution >= 4 is 0 Å². The van der Waals surface area contributed by atoms with E-state index in [-0.39, 0.29) is 11.8 Å². The minimum absolute atomic E-state index is 0.0904. The third-order valence-electron chi connectivity index (χ3n) is 4.11.